The second kappa shape index (κ2) is 9.93. The van der Waals surface area contributed by atoms with E-state index >= 15 is 0 Å². The van der Waals surface area contributed by atoms with Crippen molar-refractivity contribution in [3.05, 3.63) is 70.2 Å². The molecule has 2 aromatic heterocycles. The highest BCUT2D eigenvalue weighted by Crippen LogP contribution is 2.44. The van der Waals surface area contributed by atoms with E-state index in [4.69, 9.17) is 4.74 Å². The number of fused-ring (bicyclic) bond motifs is 3. The van der Waals surface area contributed by atoms with Gasteiger partial charge in [-0.05, 0) is 61.1 Å². The minimum absolute atomic E-state index is 0.0636. The van der Waals surface area contributed by atoms with Crippen molar-refractivity contribution in [1.29, 1.82) is 0 Å². The van der Waals surface area contributed by atoms with Crippen molar-refractivity contribution in [3.8, 4) is 11.6 Å². The van der Waals surface area contributed by atoms with E-state index in [9.17, 15) is 31.2 Å². The maximum absolute atomic E-state index is 13.7. The number of hydrogen-bond acceptors (Lipinski definition) is 8. The summed E-state index contributed by atoms with van der Waals surface area (Å²) in [4.78, 5) is 35.4. The monoisotopic (exact) mass is 602 g/mol. The van der Waals surface area contributed by atoms with E-state index in [0.29, 0.717) is 36.8 Å². The highest BCUT2D eigenvalue weighted by molar-refractivity contribution is 7.91. The number of pyridine rings is 1. The first-order valence-electron chi connectivity index (χ1n) is 13.1. The number of nitrogens with one attached hydrogen (secondary N) is 2. The lowest BCUT2D eigenvalue weighted by Gasteiger charge is -2.35. The van der Waals surface area contributed by atoms with Gasteiger partial charge in [-0.3, -0.25) is 14.6 Å². The average molecular weight is 603 g/mol. The highest BCUT2D eigenvalue weighted by atomic mass is 32.2. The Morgan fingerprint density at radius 1 is 1.29 bits per heavy atom. The summed E-state index contributed by atoms with van der Waals surface area (Å²) in [7, 11) is -2.34. The molecule has 3 heterocycles. The van der Waals surface area contributed by atoms with Gasteiger partial charge in [0.1, 0.15) is 11.4 Å². The van der Waals surface area contributed by atoms with Crippen LogP contribution in [0.3, 0.4) is 0 Å². The van der Waals surface area contributed by atoms with Crippen LogP contribution in [0.4, 0.5) is 13.2 Å². The van der Waals surface area contributed by atoms with Crippen molar-refractivity contribution < 1.29 is 35.9 Å². The number of halogens is 3. The summed E-state index contributed by atoms with van der Waals surface area (Å²) in [5, 5.41) is 6.89. The van der Waals surface area contributed by atoms with Crippen LogP contribution in [0, 0.1) is 0 Å². The molecule has 1 fully saturated rings. The van der Waals surface area contributed by atoms with E-state index in [-0.39, 0.29) is 34.9 Å². The van der Waals surface area contributed by atoms with Crippen LogP contribution in [0.2, 0.25) is 0 Å². The molecule has 1 aliphatic heterocycles. The van der Waals surface area contributed by atoms with Crippen LogP contribution in [0.1, 0.15) is 62.5 Å². The van der Waals surface area contributed by atoms with Crippen molar-refractivity contribution in [2.45, 2.75) is 49.1 Å². The van der Waals surface area contributed by atoms with Gasteiger partial charge in [0, 0.05) is 31.4 Å². The van der Waals surface area contributed by atoms with Gasteiger partial charge >= 0.3 is 6.18 Å². The van der Waals surface area contributed by atoms with Crippen molar-refractivity contribution in [1.82, 2.24) is 24.8 Å². The van der Waals surface area contributed by atoms with Gasteiger partial charge in [0.2, 0.25) is 10.0 Å². The van der Waals surface area contributed by atoms with E-state index < -0.39 is 45.4 Å². The highest BCUT2D eigenvalue weighted by Gasteiger charge is 2.48. The number of aromatic nitrogens is 3. The Balaban J connectivity index is 1.39. The maximum Gasteiger partial charge on any atom is 0.422 e. The Morgan fingerprint density at radius 2 is 2.07 bits per heavy atom. The lowest BCUT2D eigenvalue weighted by atomic mass is 9.82. The summed E-state index contributed by atoms with van der Waals surface area (Å²) in [6.45, 7) is -1.42. The van der Waals surface area contributed by atoms with Crippen LogP contribution in [0.5, 0.6) is 5.75 Å². The van der Waals surface area contributed by atoms with Crippen LogP contribution in [0.25, 0.3) is 5.82 Å². The summed E-state index contributed by atoms with van der Waals surface area (Å²) < 4.78 is 71.3. The predicted octanol–water partition coefficient (Wildman–Crippen LogP) is 2.61. The number of carbonyl (C=O) groups excluding carboxylic acids is 2. The number of carbonyl (C=O) groups is 2. The Labute approximate surface area is 238 Å². The minimum atomic E-state index is -4.48. The molecule has 1 atom stereocenters. The van der Waals surface area contributed by atoms with Crippen molar-refractivity contribution >= 4 is 28.1 Å². The van der Waals surface area contributed by atoms with Crippen LogP contribution >= 0.6 is 0 Å². The van der Waals surface area contributed by atoms with Crippen molar-refractivity contribution in [2.24, 2.45) is 4.99 Å². The smallest absolute Gasteiger partial charge is 0.422 e. The molecule has 0 unspecified atom stereocenters. The van der Waals surface area contributed by atoms with Gasteiger partial charge < -0.3 is 10.1 Å². The number of nitrogens with zero attached hydrogens (tertiary/aromatic N) is 4. The second-order valence-electron chi connectivity index (χ2n) is 10.5. The van der Waals surface area contributed by atoms with Crippen LogP contribution in [0.15, 0.2) is 41.5 Å². The molecule has 1 saturated carbocycles. The van der Waals surface area contributed by atoms with Gasteiger partial charge in [0.25, 0.3) is 11.8 Å². The van der Waals surface area contributed by atoms with E-state index in [1.165, 1.54) is 18.3 Å². The first kappa shape index (κ1) is 27.9. The Bertz CT molecular complexity index is 1730. The number of aliphatic imine (C=N–C) groups is 1. The molecule has 11 nitrogen and oxygen atoms in total. The quantitative estimate of drug-likeness (QED) is 0.396. The average Bonchev–Trinajstić information content (AvgIpc) is 3.65. The normalized spacial score (nSPS) is 20.0. The van der Waals surface area contributed by atoms with E-state index in [1.807, 2.05) is 0 Å². The fraction of sp³-hybridized carbons (Fsp3) is 0.370. The third kappa shape index (κ3) is 5.12. The topological polar surface area (TPSA) is 145 Å². The van der Waals surface area contributed by atoms with E-state index in [1.54, 1.807) is 31.5 Å². The number of aryl methyl sites for hydroxylation is 1. The molecule has 2 N–H and O–H groups in total. The molecule has 1 spiro atoms. The number of sulfonamides is 1. The lowest BCUT2D eigenvalue weighted by molar-refractivity contribution is -0.153. The minimum Gasteiger partial charge on any atom is -0.484 e. The molecule has 1 aromatic carbocycles. The SMILES string of the molecule is C/N=C/c1ccc(-n2nc3c(c2C(=O)NS(=O)(=O)C2CC2)C(=O)N[C@@]2(CCc4cc(OCC(F)(F)F)ccc42)C3)nc1. The third-order valence-electron chi connectivity index (χ3n) is 7.50. The number of hydrogen-bond donors (Lipinski definition) is 2. The van der Waals surface area contributed by atoms with Gasteiger partial charge in [0.15, 0.2) is 12.4 Å². The molecule has 2 amide bonds. The maximum atomic E-state index is 13.7. The number of alkyl halides is 3. The summed E-state index contributed by atoms with van der Waals surface area (Å²) in [6.07, 6.45) is 0.531. The molecule has 3 aromatic rings. The fourth-order valence-electron chi connectivity index (χ4n) is 5.49. The molecule has 6 rings (SSSR count). The van der Waals surface area contributed by atoms with Crippen molar-refractivity contribution in [2.75, 3.05) is 13.7 Å². The van der Waals surface area contributed by atoms with Gasteiger partial charge in [-0.15, -0.1) is 0 Å². The first-order valence-corrected chi connectivity index (χ1v) is 14.7. The van der Waals surface area contributed by atoms with E-state index in [0.717, 1.165) is 10.2 Å². The Kier molecular flexibility index (Phi) is 6.59. The second-order valence-corrected chi connectivity index (χ2v) is 12.5. The Morgan fingerprint density at radius 3 is 2.74 bits per heavy atom. The summed E-state index contributed by atoms with van der Waals surface area (Å²) in [5.41, 5.74) is 1.12. The largest absolute Gasteiger partial charge is 0.484 e. The van der Waals surface area contributed by atoms with Crippen LogP contribution in [-0.2, 0) is 28.4 Å². The predicted molar refractivity (Wildman–Crippen MR) is 143 cm³/mol. The summed E-state index contributed by atoms with van der Waals surface area (Å²) >= 11 is 0. The molecule has 2 aliphatic carbocycles. The molecule has 0 radical (unpaired) electrons. The lowest BCUT2D eigenvalue weighted by Crippen LogP contribution is -2.50. The standard InChI is InChI=1S/C27H25F3N6O5S/c1-31-12-15-2-7-21(32-13-15)36-23(25(38)35-42(39,40)18-4-5-18)22-20(34-36)11-26(33-24(22)37)9-8-16-10-17(3-6-19(16)26)41-14-27(28,29)30/h2-3,6-7,10,12-13,18H,4-5,8-9,11,14H2,1H3,(H,33,37)(H,35,38)/b31-12+/t26-/m0/s1. The van der Waals surface area contributed by atoms with Crippen molar-refractivity contribution in [3.63, 3.8) is 0 Å². The fourth-order valence-corrected chi connectivity index (χ4v) is 6.77. The van der Waals surface area contributed by atoms with Crippen LogP contribution in [-0.4, -0.2) is 66.3 Å². The summed E-state index contributed by atoms with van der Waals surface area (Å²) in [6, 6.07) is 7.84. The van der Waals surface area contributed by atoms with E-state index in [2.05, 4.69) is 25.1 Å². The zero-order valence-electron chi connectivity index (χ0n) is 22.2. The summed E-state index contributed by atoms with van der Waals surface area (Å²) in [5.74, 6) is -1.38. The molecule has 220 valence electrons. The number of rotatable bonds is 7. The number of amides is 2. The number of benzene rings is 1. The molecular weight excluding hydrogens is 577 g/mol. The molecule has 15 heteroatoms. The molecule has 0 saturated heterocycles. The number of ether oxygens (including phenoxy) is 1. The van der Waals surface area contributed by atoms with Gasteiger partial charge in [0.05, 0.1) is 22.0 Å². The molecule has 0 bridgehead atoms. The first-order chi connectivity index (χ1) is 19.9. The molecule has 3 aliphatic rings. The van der Waals surface area contributed by atoms with Gasteiger partial charge in [-0.25, -0.2) is 22.8 Å². The molecular formula is C27H25F3N6O5S. The zero-order valence-corrected chi connectivity index (χ0v) is 23.1. The van der Waals surface area contributed by atoms with Gasteiger partial charge in [-0.1, -0.05) is 6.07 Å². The zero-order chi connectivity index (χ0) is 29.9. The molecule has 42 heavy (non-hydrogen) atoms. The van der Waals surface area contributed by atoms with Gasteiger partial charge in [-0.2, -0.15) is 18.3 Å². The Hall–Kier alpha value is -4.27. The van der Waals surface area contributed by atoms with Crippen LogP contribution < -0.4 is 14.8 Å². The third-order valence-corrected chi connectivity index (χ3v) is 9.32.